The van der Waals surface area contributed by atoms with Crippen molar-refractivity contribution in [1.82, 2.24) is 5.32 Å². The highest BCUT2D eigenvalue weighted by molar-refractivity contribution is 4.79. The first-order valence-corrected chi connectivity index (χ1v) is 6.64. The molecule has 0 spiro atoms. The average molecular weight is 213 g/mol. The second-order valence-corrected chi connectivity index (χ2v) is 5.02. The van der Waals surface area contributed by atoms with E-state index in [4.69, 9.17) is 0 Å². The molecule has 0 saturated heterocycles. The van der Waals surface area contributed by atoms with Crippen LogP contribution in [-0.4, -0.2) is 23.8 Å². The zero-order valence-electron chi connectivity index (χ0n) is 10.3. The Kier molecular flexibility index (Phi) is 6.26. The van der Waals surface area contributed by atoms with Crippen molar-refractivity contribution in [2.24, 2.45) is 5.92 Å². The molecule has 0 amide bonds. The molecule has 1 aliphatic carbocycles. The summed E-state index contributed by atoms with van der Waals surface area (Å²) in [6.45, 7) is 4.70. The van der Waals surface area contributed by atoms with E-state index < -0.39 is 0 Å². The molecule has 1 saturated carbocycles. The third-order valence-electron chi connectivity index (χ3n) is 3.78. The Balaban J connectivity index is 2.40. The van der Waals surface area contributed by atoms with Crippen molar-refractivity contribution in [2.75, 3.05) is 6.61 Å². The summed E-state index contributed by atoms with van der Waals surface area (Å²) >= 11 is 0. The largest absolute Gasteiger partial charge is 0.395 e. The zero-order chi connectivity index (χ0) is 11.1. The van der Waals surface area contributed by atoms with Crippen LogP contribution in [0.1, 0.15) is 58.8 Å². The molecule has 1 aliphatic rings. The van der Waals surface area contributed by atoms with Gasteiger partial charge in [-0.05, 0) is 32.1 Å². The molecule has 2 atom stereocenters. The van der Waals surface area contributed by atoms with E-state index in [1.165, 1.54) is 38.5 Å². The molecule has 0 bridgehead atoms. The predicted octanol–water partition coefficient (Wildman–Crippen LogP) is 2.71. The summed E-state index contributed by atoms with van der Waals surface area (Å²) < 4.78 is 0. The molecule has 15 heavy (non-hydrogen) atoms. The van der Waals surface area contributed by atoms with Crippen LogP contribution in [0.15, 0.2) is 0 Å². The summed E-state index contributed by atoms with van der Waals surface area (Å²) in [6, 6.07) is 0.864. The van der Waals surface area contributed by atoms with E-state index in [0.29, 0.717) is 24.6 Å². The molecule has 0 aromatic heterocycles. The second kappa shape index (κ2) is 7.24. The van der Waals surface area contributed by atoms with Crippen LogP contribution < -0.4 is 5.32 Å². The number of hydrogen-bond donors (Lipinski definition) is 2. The quantitative estimate of drug-likeness (QED) is 0.688. The molecule has 2 unspecified atom stereocenters. The molecule has 0 radical (unpaired) electrons. The van der Waals surface area contributed by atoms with Gasteiger partial charge in [-0.3, -0.25) is 0 Å². The summed E-state index contributed by atoms with van der Waals surface area (Å²) in [6.07, 6.45) is 9.22. The van der Waals surface area contributed by atoms with Gasteiger partial charge in [0.25, 0.3) is 0 Å². The van der Waals surface area contributed by atoms with Crippen molar-refractivity contribution >= 4 is 0 Å². The normalized spacial score (nSPS) is 23.4. The summed E-state index contributed by atoms with van der Waals surface area (Å²) in [4.78, 5) is 0. The smallest absolute Gasteiger partial charge is 0.0587 e. The van der Waals surface area contributed by atoms with Gasteiger partial charge in [-0.1, -0.05) is 32.6 Å². The minimum absolute atomic E-state index is 0.301. The van der Waals surface area contributed by atoms with Gasteiger partial charge in [-0.15, -0.1) is 0 Å². The third kappa shape index (κ3) is 4.52. The van der Waals surface area contributed by atoms with Crippen LogP contribution >= 0.6 is 0 Å². The second-order valence-electron chi connectivity index (χ2n) is 5.02. The van der Waals surface area contributed by atoms with Crippen LogP contribution in [-0.2, 0) is 0 Å². The zero-order valence-corrected chi connectivity index (χ0v) is 10.3. The van der Waals surface area contributed by atoms with E-state index in [2.05, 4.69) is 19.2 Å². The Morgan fingerprint density at radius 2 is 1.80 bits per heavy atom. The van der Waals surface area contributed by atoms with Gasteiger partial charge in [0.05, 0.1) is 6.61 Å². The predicted molar refractivity (Wildman–Crippen MR) is 65.0 cm³/mol. The van der Waals surface area contributed by atoms with E-state index in [-0.39, 0.29) is 0 Å². The van der Waals surface area contributed by atoms with Crippen molar-refractivity contribution in [3.05, 3.63) is 0 Å². The number of rotatable bonds is 5. The van der Waals surface area contributed by atoms with Crippen LogP contribution in [0.3, 0.4) is 0 Å². The van der Waals surface area contributed by atoms with E-state index >= 15 is 0 Å². The lowest BCUT2D eigenvalue weighted by molar-refractivity contribution is 0.177. The Morgan fingerprint density at radius 3 is 2.27 bits per heavy atom. The summed E-state index contributed by atoms with van der Waals surface area (Å²) in [7, 11) is 0. The molecule has 90 valence electrons. The van der Waals surface area contributed by atoms with Crippen molar-refractivity contribution in [3.63, 3.8) is 0 Å². The van der Waals surface area contributed by atoms with Gasteiger partial charge in [-0.25, -0.2) is 0 Å². The third-order valence-corrected chi connectivity index (χ3v) is 3.78. The van der Waals surface area contributed by atoms with Crippen LogP contribution in [0, 0.1) is 5.92 Å². The van der Waals surface area contributed by atoms with Gasteiger partial charge in [0.2, 0.25) is 0 Å². The maximum absolute atomic E-state index is 9.45. The van der Waals surface area contributed by atoms with Gasteiger partial charge < -0.3 is 10.4 Å². The van der Waals surface area contributed by atoms with Crippen LogP contribution in [0.2, 0.25) is 0 Å². The lowest BCUT2D eigenvalue weighted by atomic mass is 9.91. The fraction of sp³-hybridized carbons (Fsp3) is 1.00. The SMILES string of the molecule is CCC(C)NC(CO)C1CCCCCC1. The van der Waals surface area contributed by atoms with Crippen LogP contribution in [0.4, 0.5) is 0 Å². The maximum Gasteiger partial charge on any atom is 0.0587 e. The molecule has 1 rings (SSSR count). The molecule has 0 aromatic carbocycles. The van der Waals surface area contributed by atoms with Crippen LogP contribution in [0.25, 0.3) is 0 Å². The maximum atomic E-state index is 9.45. The molecule has 1 fully saturated rings. The molecule has 0 heterocycles. The minimum Gasteiger partial charge on any atom is -0.395 e. The van der Waals surface area contributed by atoms with Gasteiger partial charge in [0.1, 0.15) is 0 Å². The molecular weight excluding hydrogens is 186 g/mol. The first-order chi connectivity index (χ1) is 7.27. The Bertz CT molecular complexity index is 153. The number of nitrogens with one attached hydrogen (secondary N) is 1. The standard InChI is InChI=1S/C13H27NO/c1-3-11(2)14-13(10-15)12-8-6-4-5-7-9-12/h11-15H,3-10H2,1-2H3. The fourth-order valence-electron chi connectivity index (χ4n) is 2.53. The van der Waals surface area contributed by atoms with Gasteiger partial charge in [0.15, 0.2) is 0 Å². The minimum atomic E-state index is 0.301. The van der Waals surface area contributed by atoms with Crippen molar-refractivity contribution < 1.29 is 5.11 Å². The topological polar surface area (TPSA) is 32.3 Å². The fourth-order valence-corrected chi connectivity index (χ4v) is 2.53. The first kappa shape index (κ1) is 13.0. The summed E-state index contributed by atoms with van der Waals surface area (Å²) in [5.74, 6) is 0.700. The molecule has 0 aliphatic heterocycles. The lowest BCUT2D eigenvalue weighted by Gasteiger charge is -2.28. The first-order valence-electron chi connectivity index (χ1n) is 6.64. The Hall–Kier alpha value is -0.0800. The van der Waals surface area contributed by atoms with Crippen LogP contribution in [0.5, 0.6) is 0 Å². The highest BCUT2D eigenvalue weighted by Gasteiger charge is 2.22. The van der Waals surface area contributed by atoms with E-state index in [9.17, 15) is 5.11 Å². The lowest BCUT2D eigenvalue weighted by Crippen LogP contribution is -2.43. The van der Waals surface area contributed by atoms with Crippen molar-refractivity contribution in [1.29, 1.82) is 0 Å². The van der Waals surface area contributed by atoms with Crippen molar-refractivity contribution in [2.45, 2.75) is 70.9 Å². The number of hydrogen-bond acceptors (Lipinski definition) is 2. The van der Waals surface area contributed by atoms with Gasteiger partial charge >= 0.3 is 0 Å². The molecule has 2 heteroatoms. The Morgan fingerprint density at radius 1 is 1.20 bits per heavy atom. The van der Waals surface area contributed by atoms with E-state index in [1.807, 2.05) is 0 Å². The highest BCUT2D eigenvalue weighted by Crippen LogP contribution is 2.25. The monoisotopic (exact) mass is 213 g/mol. The highest BCUT2D eigenvalue weighted by atomic mass is 16.3. The molecular formula is C13H27NO. The molecule has 2 nitrogen and oxygen atoms in total. The molecule has 2 N–H and O–H groups in total. The number of aliphatic hydroxyl groups is 1. The Labute approximate surface area is 94.5 Å². The van der Waals surface area contributed by atoms with E-state index in [1.54, 1.807) is 0 Å². The average Bonchev–Trinajstić information content (AvgIpc) is 2.54. The molecule has 0 aromatic rings. The van der Waals surface area contributed by atoms with Gasteiger partial charge in [-0.2, -0.15) is 0 Å². The number of aliphatic hydroxyl groups excluding tert-OH is 1. The summed E-state index contributed by atoms with van der Waals surface area (Å²) in [5, 5.41) is 13.0. The van der Waals surface area contributed by atoms with Gasteiger partial charge in [0, 0.05) is 12.1 Å². The van der Waals surface area contributed by atoms with E-state index in [0.717, 1.165) is 6.42 Å². The summed E-state index contributed by atoms with van der Waals surface area (Å²) in [5.41, 5.74) is 0. The van der Waals surface area contributed by atoms with Crippen molar-refractivity contribution in [3.8, 4) is 0 Å².